The van der Waals surface area contributed by atoms with Gasteiger partial charge in [-0.1, -0.05) is 121 Å². The molecule has 0 aliphatic carbocycles. The van der Waals surface area contributed by atoms with E-state index < -0.39 is 0 Å². The largest absolute Gasteiger partial charge is 0.354 e. The van der Waals surface area contributed by atoms with Crippen LogP contribution in [0, 0.1) is 0 Å². The molecule has 5 heteroatoms. The van der Waals surface area contributed by atoms with Crippen molar-refractivity contribution in [3.8, 4) is 44.5 Å². The van der Waals surface area contributed by atoms with Gasteiger partial charge in [0.1, 0.15) is 0 Å². The summed E-state index contributed by atoms with van der Waals surface area (Å²) in [7, 11) is 0. The number of hydrogen-bond acceptors (Lipinski definition) is 2. The van der Waals surface area contributed by atoms with Crippen molar-refractivity contribution in [2.75, 3.05) is 0 Å². The minimum atomic E-state index is 0. The minimum Gasteiger partial charge on any atom is -0.354 e. The minimum absolute atomic E-state index is 0. The molecule has 0 fully saturated rings. The number of hydrogen-bond donors (Lipinski definition) is 2. The van der Waals surface area contributed by atoms with Crippen molar-refractivity contribution >= 4 is 70.3 Å². The van der Waals surface area contributed by atoms with Gasteiger partial charge in [0.05, 0.1) is 22.8 Å². The summed E-state index contributed by atoms with van der Waals surface area (Å²) in [6, 6.07) is 50.7. The molecule has 8 bridgehead atoms. The van der Waals surface area contributed by atoms with E-state index in [4.69, 9.17) is 9.97 Å². The molecule has 2 aliphatic rings. The van der Waals surface area contributed by atoms with Gasteiger partial charge in [-0.05, 0) is 70.8 Å². The molecule has 230 valence electrons. The first-order valence-electron chi connectivity index (χ1n) is 16.2. The molecule has 2 N–H and O–H groups in total. The number of fused-ring (bicyclic) bond motifs is 8. The summed E-state index contributed by atoms with van der Waals surface area (Å²) in [6.07, 6.45) is 8.54. The molecular formula is C44H30N4Sn. The molecular weight excluding hydrogens is 703 g/mol. The van der Waals surface area contributed by atoms with Crippen LogP contribution in [0.4, 0.5) is 0 Å². The fourth-order valence-corrected chi connectivity index (χ4v) is 6.84. The van der Waals surface area contributed by atoms with Crippen molar-refractivity contribution in [3.63, 3.8) is 0 Å². The Balaban J connectivity index is 0.00000348. The second-order valence-electron chi connectivity index (χ2n) is 12.0. The molecule has 5 heterocycles. The molecule has 0 amide bonds. The van der Waals surface area contributed by atoms with Crippen LogP contribution in [0.25, 0.3) is 90.9 Å². The summed E-state index contributed by atoms with van der Waals surface area (Å²) in [6.45, 7) is 0. The second-order valence-corrected chi connectivity index (χ2v) is 12.0. The number of H-pyrrole nitrogens is 2. The van der Waals surface area contributed by atoms with E-state index in [2.05, 4.69) is 156 Å². The van der Waals surface area contributed by atoms with Gasteiger partial charge in [-0.25, -0.2) is 9.97 Å². The standard InChI is InChI=1S/C44H30N4.Sn/c1-5-13-29(14-6-1)41-33-21-23-35(45-33)42(30-15-7-2-8-16-30)37-25-27-39(47-37)44(32-19-11-4-12-20-32)40-28-26-38(48-40)43(31-17-9-3-10-18-31)36-24-22-34(41)46-36;/h1-28,45,48H;. The van der Waals surface area contributed by atoms with Gasteiger partial charge >= 0.3 is 0 Å². The zero-order chi connectivity index (χ0) is 31.9. The molecule has 4 aromatic carbocycles. The van der Waals surface area contributed by atoms with Crippen LogP contribution in [0.5, 0.6) is 0 Å². The third kappa shape index (κ3) is 5.64. The van der Waals surface area contributed by atoms with Crippen LogP contribution in [0.2, 0.25) is 0 Å². The third-order valence-electron chi connectivity index (χ3n) is 9.00. The number of aromatic amines is 2. The quantitative estimate of drug-likeness (QED) is 0.177. The van der Waals surface area contributed by atoms with Gasteiger partial charge in [0.2, 0.25) is 0 Å². The van der Waals surface area contributed by atoms with Crippen molar-refractivity contribution in [2.24, 2.45) is 0 Å². The first-order chi connectivity index (χ1) is 23.8. The maximum Gasteiger partial charge on any atom is 0.0737 e. The first kappa shape index (κ1) is 30.6. The van der Waals surface area contributed by atoms with Crippen molar-refractivity contribution in [1.29, 1.82) is 0 Å². The fourth-order valence-electron chi connectivity index (χ4n) is 6.84. The molecule has 49 heavy (non-hydrogen) atoms. The summed E-state index contributed by atoms with van der Waals surface area (Å²) in [5, 5.41) is 0. The van der Waals surface area contributed by atoms with Gasteiger partial charge in [0.25, 0.3) is 0 Å². The van der Waals surface area contributed by atoms with E-state index in [1.807, 2.05) is 24.3 Å². The first-order valence-corrected chi connectivity index (χ1v) is 16.2. The Labute approximate surface area is 301 Å². The monoisotopic (exact) mass is 734 g/mol. The van der Waals surface area contributed by atoms with Crippen LogP contribution >= 0.6 is 0 Å². The average Bonchev–Trinajstić information content (AvgIpc) is 3.98. The summed E-state index contributed by atoms with van der Waals surface area (Å²) >= 11 is 0. The van der Waals surface area contributed by atoms with E-state index in [1.54, 1.807) is 0 Å². The van der Waals surface area contributed by atoms with Crippen LogP contribution in [-0.4, -0.2) is 43.8 Å². The van der Waals surface area contributed by atoms with Crippen molar-refractivity contribution in [3.05, 3.63) is 168 Å². The Hall–Kier alpha value is -5.72. The van der Waals surface area contributed by atoms with E-state index in [0.717, 1.165) is 89.4 Å². The van der Waals surface area contributed by atoms with Gasteiger partial charge in [-0.2, -0.15) is 0 Å². The fraction of sp³-hybridized carbons (Fsp3) is 0. The Morgan fingerprint density at radius 2 is 0.510 bits per heavy atom. The van der Waals surface area contributed by atoms with Gasteiger partial charge < -0.3 is 9.97 Å². The van der Waals surface area contributed by atoms with E-state index in [9.17, 15) is 0 Å². The summed E-state index contributed by atoms with van der Waals surface area (Å²) < 4.78 is 0. The SMILES string of the molecule is C1=Cc2nc1c(-c1ccccc1)c1ccc([nH]1)c(-c1ccccc1)c1nc(c(-c3ccccc3)c3ccc([nH]3)c2-c2ccccc2)C=C1.[Sn]. The molecule has 4 radical (unpaired) electrons. The van der Waals surface area contributed by atoms with Crippen LogP contribution in [0.1, 0.15) is 22.8 Å². The van der Waals surface area contributed by atoms with Crippen molar-refractivity contribution < 1.29 is 0 Å². The molecule has 3 aromatic heterocycles. The molecule has 7 aromatic rings. The topological polar surface area (TPSA) is 57.4 Å². The van der Waals surface area contributed by atoms with Gasteiger partial charge in [-0.15, -0.1) is 0 Å². The van der Waals surface area contributed by atoms with E-state index in [-0.39, 0.29) is 23.9 Å². The molecule has 0 atom stereocenters. The third-order valence-corrected chi connectivity index (χ3v) is 9.00. The molecule has 2 aliphatic heterocycles. The predicted octanol–water partition coefficient (Wildman–Crippen LogP) is 10.9. The number of aromatic nitrogens is 4. The summed E-state index contributed by atoms with van der Waals surface area (Å²) in [5.74, 6) is 0. The second kappa shape index (κ2) is 13.1. The molecule has 0 unspecified atom stereocenters. The van der Waals surface area contributed by atoms with E-state index in [0.29, 0.717) is 0 Å². The normalized spacial score (nSPS) is 11.8. The molecule has 0 spiro atoms. The zero-order valence-electron chi connectivity index (χ0n) is 26.6. The summed E-state index contributed by atoms with van der Waals surface area (Å²) in [5.41, 5.74) is 16.2. The summed E-state index contributed by atoms with van der Waals surface area (Å²) in [4.78, 5) is 18.3. The number of nitrogens with one attached hydrogen (secondary N) is 2. The molecule has 0 saturated carbocycles. The zero-order valence-corrected chi connectivity index (χ0v) is 29.4. The number of benzene rings is 4. The van der Waals surface area contributed by atoms with Gasteiger partial charge in [0.15, 0.2) is 0 Å². The van der Waals surface area contributed by atoms with Crippen LogP contribution in [-0.2, 0) is 0 Å². The maximum atomic E-state index is 5.35. The van der Waals surface area contributed by atoms with Crippen LogP contribution < -0.4 is 0 Å². The number of nitrogens with zero attached hydrogens (tertiary/aromatic N) is 2. The van der Waals surface area contributed by atoms with Gasteiger partial charge in [0, 0.05) is 68.2 Å². The Morgan fingerprint density at radius 1 is 0.286 bits per heavy atom. The van der Waals surface area contributed by atoms with E-state index in [1.165, 1.54) is 0 Å². The maximum absolute atomic E-state index is 5.35. The Morgan fingerprint density at radius 3 is 0.735 bits per heavy atom. The predicted molar refractivity (Wildman–Crippen MR) is 206 cm³/mol. The van der Waals surface area contributed by atoms with Gasteiger partial charge in [-0.3, -0.25) is 0 Å². The molecule has 0 saturated heterocycles. The molecule has 4 nitrogen and oxygen atoms in total. The van der Waals surface area contributed by atoms with Crippen molar-refractivity contribution in [2.45, 2.75) is 0 Å². The Bertz CT molecular complexity index is 2180. The van der Waals surface area contributed by atoms with E-state index >= 15 is 0 Å². The molecule has 9 rings (SSSR count). The van der Waals surface area contributed by atoms with Crippen LogP contribution in [0.15, 0.2) is 146 Å². The average molecular weight is 733 g/mol. The van der Waals surface area contributed by atoms with Crippen LogP contribution in [0.3, 0.4) is 0 Å². The smallest absolute Gasteiger partial charge is 0.0737 e. The number of rotatable bonds is 4. The van der Waals surface area contributed by atoms with Crippen molar-refractivity contribution in [1.82, 2.24) is 19.9 Å². The Kier molecular flexibility index (Phi) is 8.15.